The number of carbonyl (C=O) groups excluding carboxylic acids is 1. The molecule has 1 aromatic carbocycles. The van der Waals surface area contributed by atoms with Crippen LogP contribution in [0.2, 0.25) is 0 Å². The second kappa shape index (κ2) is 8.27. The third kappa shape index (κ3) is 4.07. The second-order valence-corrected chi connectivity index (χ2v) is 7.61. The number of carbonyl (C=O) groups is 1. The minimum atomic E-state index is -4.86. The van der Waals surface area contributed by atoms with Crippen molar-refractivity contribution in [2.24, 2.45) is 7.05 Å². The summed E-state index contributed by atoms with van der Waals surface area (Å²) in [6, 6.07) is 9.56. The van der Waals surface area contributed by atoms with Crippen molar-refractivity contribution < 1.29 is 18.0 Å². The van der Waals surface area contributed by atoms with Crippen LogP contribution in [-0.4, -0.2) is 45.9 Å². The molecule has 0 aliphatic carbocycles. The lowest BCUT2D eigenvalue weighted by Gasteiger charge is -2.14. The minimum Gasteiger partial charge on any atom is -0.320 e. The first kappa shape index (κ1) is 22.1. The third-order valence-corrected chi connectivity index (χ3v) is 5.19. The number of aromatic nitrogens is 8. The van der Waals surface area contributed by atoms with E-state index in [0.717, 1.165) is 6.20 Å². The average molecular weight is 479 g/mol. The summed E-state index contributed by atoms with van der Waals surface area (Å²) in [5, 5.41) is 18.6. The zero-order valence-corrected chi connectivity index (χ0v) is 18.3. The molecule has 4 aromatic heterocycles. The van der Waals surface area contributed by atoms with Crippen molar-refractivity contribution in [3.63, 3.8) is 0 Å². The Balaban J connectivity index is 1.51. The van der Waals surface area contributed by atoms with Crippen molar-refractivity contribution in [3.8, 4) is 17.2 Å². The standard InChI is InChI=1S/C22H16F3N9O/c1-12-9-13(10-27-18(12)20-30-32-33(2)31-20)29-21(35)15-11-28-34(19(15)22(23,24)25)17-7-3-6-16-14(17)5-4-8-26-16/h3-11H,1-2H3,(H,29,35). The highest BCUT2D eigenvalue weighted by Gasteiger charge is 2.41. The fraction of sp³-hybridized carbons (Fsp3) is 0.136. The molecule has 4 heterocycles. The van der Waals surface area contributed by atoms with Gasteiger partial charge < -0.3 is 5.32 Å². The highest BCUT2D eigenvalue weighted by atomic mass is 19.4. The van der Waals surface area contributed by atoms with Crippen LogP contribution in [0.25, 0.3) is 28.1 Å². The quantitative estimate of drug-likeness (QED) is 0.419. The number of anilines is 1. The predicted octanol–water partition coefficient (Wildman–Crippen LogP) is 3.59. The van der Waals surface area contributed by atoms with Gasteiger partial charge in [0.25, 0.3) is 5.91 Å². The van der Waals surface area contributed by atoms with E-state index in [1.165, 1.54) is 17.1 Å². The molecule has 0 fully saturated rings. The Hall–Kier alpha value is -4.68. The number of halogens is 3. The number of rotatable bonds is 4. The number of aryl methyl sites for hydroxylation is 2. The lowest BCUT2D eigenvalue weighted by atomic mass is 10.1. The number of hydrogen-bond acceptors (Lipinski definition) is 7. The summed E-state index contributed by atoms with van der Waals surface area (Å²) in [6.07, 6.45) is -1.11. The Kier molecular flexibility index (Phi) is 5.23. The largest absolute Gasteiger partial charge is 0.434 e. The summed E-state index contributed by atoms with van der Waals surface area (Å²) < 4.78 is 43.1. The molecule has 0 atom stereocenters. The van der Waals surface area contributed by atoms with E-state index in [2.05, 4.69) is 35.8 Å². The Morgan fingerprint density at radius 1 is 1.09 bits per heavy atom. The van der Waals surface area contributed by atoms with Gasteiger partial charge in [0.15, 0.2) is 5.69 Å². The molecule has 0 bridgehead atoms. The third-order valence-electron chi connectivity index (χ3n) is 5.19. The maximum atomic E-state index is 14.1. The second-order valence-electron chi connectivity index (χ2n) is 7.61. The summed E-state index contributed by atoms with van der Waals surface area (Å²) in [7, 11) is 1.60. The Bertz CT molecular complexity index is 1570. The summed E-state index contributed by atoms with van der Waals surface area (Å²) in [4.78, 5) is 22.6. The van der Waals surface area contributed by atoms with Crippen molar-refractivity contribution in [1.82, 2.24) is 40.0 Å². The molecule has 176 valence electrons. The summed E-state index contributed by atoms with van der Waals surface area (Å²) in [6.45, 7) is 1.71. The van der Waals surface area contributed by atoms with E-state index in [1.54, 1.807) is 50.5 Å². The lowest BCUT2D eigenvalue weighted by Crippen LogP contribution is -2.21. The molecule has 0 aliphatic heterocycles. The van der Waals surface area contributed by atoms with Gasteiger partial charge in [-0.05, 0) is 48.0 Å². The molecule has 1 amide bonds. The van der Waals surface area contributed by atoms with Gasteiger partial charge in [-0.2, -0.15) is 23.1 Å². The maximum absolute atomic E-state index is 14.1. The molecule has 13 heteroatoms. The van der Waals surface area contributed by atoms with Gasteiger partial charge in [-0.3, -0.25) is 14.8 Å². The predicted molar refractivity (Wildman–Crippen MR) is 119 cm³/mol. The Morgan fingerprint density at radius 2 is 1.91 bits per heavy atom. The van der Waals surface area contributed by atoms with Crippen LogP contribution in [0, 0.1) is 6.92 Å². The number of hydrogen-bond donors (Lipinski definition) is 1. The van der Waals surface area contributed by atoms with E-state index >= 15 is 0 Å². The lowest BCUT2D eigenvalue weighted by molar-refractivity contribution is -0.143. The number of nitrogens with zero attached hydrogens (tertiary/aromatic N) is 8. The maximum Gasteiger partial charge on any atom is 0.434 e. The van der Waals surface area contributed by atoms with Gasteiger partial charge in [0.1, 0.15) is 5.69 Å². The van der Waals surface area contributed by atoms with Crippen LogP contribution in [0.15, 0.2) is 55.0 Å². The molecule has 0 radical (unpaired) electrons. The molecule has 35 heavy (non-hydrogen) atoms. The van der Waals surface area contributed by atoms with Gasteiger partial charge in [0.05, 0.1) is 41.9 Å². The number of tetrazole rings is 1. The monoisotopic (exact) mass is 479 g/mol. The number of benzene rings is 1. The number of amides is 1. The first-order valence-electron chi connectivity index (χ1n) is 10.2. The van der Waals surface area contributed by atoms with E-state index in [0.29, 0.717) is 26.8 Å². The van der Waals surface area contributed by atoms with E-state index in [9.17, 15) is 18.0 Å². The van der Waals surface area contributed by atoms with Gasteiger partial charge in [-0.1, -0.05) is 6.07 Å². The zero-order chi connectivity index (χ0) is 24.7. The molecule has 1 N–H and O–H groups in total. The molecule has 0 saturated carbocycles. The summed E-state index contributed by atoms with van der Waals surface area (Å²) in [5.74, 6) is -0.693. The average Bonchev–Trinajstić information content (AvgIpc) is 3.45. The summed E-state index contributed by atoms with van der Waals surface area (Å²) >= 11 is 0. The number of alkyl halides is 3. The normalized spacial score (nSPS) is 11.7. The van der Waals surface area contributed by atoms with Crippen LogP contribution in [0.5, 0.6) is 0 Å². The smallest absolute Gasteiger partial charge is 0.320 e. The van der Waals surface area contributed by atoms with Crippen LogP contribution >= 0.6 is 0 Å². The van der Waals surface area contributed by atoms with Crippen molar-refractivity contribution in [2.45, 2.75) is 13.1 Å². The summed E-state index contributed by atoms with van der Waals surface area (Å²) in [5.41, 5.74) is 0.0666. The van der Waals surface area contributed by atoms with E-state index in [-0.39, 0.29) is 17.2 Å². The van der Waals surface area contributed by atoms with E-state index in [1.807, 2.05) is 0 Å². The van der Waals surface area contributed by atoms with Crippen molar-refractivity contribution >= 4 is 22.5 Å². The molecule has 0 saturated heterocycles. The SMILES string of the molecule is Cc1cc(NC(=O)c2cnn(-c3cccc4ncccc34)c2C(F)(F)F)cnc1-c1nnn(C)n1. The molecule has 0 unspecified atom stereocenters. The highest BCUT2D eigenvalue weighted by Crippen LogP contribution is 2.35. The van der Waals surface area contributed by atoms with Crippen LogP contribution in [-0.2, 0) is 13.2 Å². The van der Waals surface area contributed by atoms with Gasteiger partial charge in [0, 0.05) is 11.6 Å². The van der Waals surface area contributed by atoms with E-state index in [4.69, 9.17) is 0 Å². The first-order valence-corrected chi connectivity index (χ1v) is 10.2. The molecule has 5 aromatic rings. The number of pyridine rings is 2. The van der Waals surface area contributed by atoms with Gasteiger partial charge in [-0.15, -0.1) is 10.2 Å². The fourth-order valence-electron chi connectivity index (χ4n) is 3.70. The van der Waals surface area contributed by atoms with Gasteiger partial charge in [0.2, 0.25) is 5.82 Å². The zero-order valence-electron chi connectivity index (χ0n) is 18.3. The van der Waals surface area contributed by atoms with Gasteiger partial charge >= 0.3 is 6.18 Å². The van der Waals surface area contributed by atoms with Crippen LogP contribution in [0.4, 0.5) is 18.9 Å². The van der Waals surface area contributed by atoms with Crippen molar-refractivity contribution in [1.29, 1.82) is 0 Å². The molecule has 5 rings (SSSR count). The molecule has 0 aliphatic rings. The van der Waals surface area contributed by atoms with Crippen molar-refractivity contribution in [2.75, 3.05) is 5.32 Å². The molecule has 10 nitrogen and oxygen atoms in total. The molecule has 0 spiro atoms. The Labute approximate surface area is 195 Å². The van der Waals surface area contributed by atoms with Crippen LogP contribution < -0.4 is 5.32 Å². The van der Waals surface area contributed by atoms with E-state index < -0.39 is 23.3 Å². The minimum absolute atomic E-state index is 0.153. The number of nitrogens with one attached hydrogen (secondary N) is 1. The molecular formula is C22H16F3N9O. The number of fused-ring (bicyclic) bond motifs is 1. The van der Waals surface area contributed by atoms with Crippen LogP contribution in [0.1, 0.15) is 21.6 Å². The fourth-order valence-corrected chi connectivity index (χ4v) is 3.70. The molecular weight excluding hydrogens is 463 g/mol. The van der Waals surface area contributed by atoms with Crippen LogP contribution in [0.3, 0.4) is 0 Å². The highest BCUT2D eigenvalue weighted by molar-refractivity contribution is 6.05. The van der Waals surface area contributed by atoms with Crippen molar-refractivity contribution in [3.05, 3.63) is 71.8 Å². The van der Waals surface area contributed by atoms with Gasteiger partial charge in [-0.25, -0.2) is 4.68 Å². The topological polar surface area (TPSA) is 116 Å². The first-order chi connectivity index (χ1) is 16.7. The Morgan fingerprint density at radius 3 is 2.63 bits per heavy atom.